The van der Waals surface area contributed by atoms with Crippen LogP contribution in [0.4, 0.5) is 5.69 Å². The van der Waals surface area contributed by atoms with E-state index < -0.39 is 0 Å². The lowest BCUT2D eigenvalue weighted by Crippen LogP contribution is -2.20. The Kier molecular flexibility index (Phi) is 4.73. The Morgan fingerprint density at radius 3 is 3.00 bits per heavy atom. The van der Waals surface area contributed by atoms with Gasteiger partial charge in [0.2, 0.25) is 5.91 Å². The molecule has 1 aromatic rings. The van der Waals surface area contributed by atoms with Gasteiger partial charge in [-0.1, -0.05) is 18.2 Å². The molecule has 0 radical (unpaired) electrons. The Labute approximate surface area is 108 Å². The van der Waals surface area contributed by atoms with Crippen molar-refractivity contribution in [1.82, 2.24) is 5.32 Å². The molecule has 0 aromatic heterocycles. The molecule has 1 heterocycles. The van der Waals surface area contributed by atoms with Crippen LogP contribution < -0.4 is 10.6 Å². The minimum Gasteiger partial charge on any atom is -0.378 e. The van der Waals surface area contributed by atoms with Gasteiger partial charge in [-0.05, 0) is 31.5 Å². The van der Waals surface area contributed by atoms with E-state index in [1.54, 1.807) is 0 Å². The van der Waals surface area contributed by atoms with E-state index in [4.69, 9.17) is 4.74 Å². The van der Waals surface area contributed by atoms with Crippen molar-refractivity contribution in [3.8, 4) is 0 Å². The van der Waals surface area contributed by atoms with Gasteiger partial charge in [0.05, 0.1) is 12.5 Å². The number of carbonyl (C=O) groups is 1. The Balaban J connectivity index is 1.93. The van der Waals surface area contributed by atoms with Crippen LogP contribution >= 0.6 is 0 Å². The summed E-state index contributed by atoms with van der Waals surface area (Å²) < 4.78 is 5.47. The van der Waals surface area contributed by atoms with E-state index in [1.165, 1.54) is 0 Å². The number of amides is 1. The van der Waals surface area contributed by atoms with Crippen molar-refractivity contribution >= 4 is 11.6 Å². The standard InChI is InChI=1S/C14H20N2O2/c1-15-10-11-5-2-3-7-13(11)16-14(17)9-12-6-4-8-18-12/h2-3,5,7,12,15H,4,6,8-10H2,1H3,(H,16,17). The molecule has 0 aliphatic carbocycles. The van der Waals surface area contributed by atoms with Crippen LogP contribution in [0.25, 0.3) is 0 Å². The zero-order chi connectivity index (χ0) is 12.8. The minimum absolute atomic E-state index is 0.0328. The number of hydrogen-bond donors (Lipinski definition) is 2. The van der Waals surface area contributed by atoms with Gasteiger partial charge in [0.1, 0.15) is 0 Å². The molecule has 0 saturated carbocycles. The highest BCUT2D eigenvalue weighted by atomic mass is 16.5. The topological polar surface area (TPSA) is 50.4 Å². The molecular formula is C14H20N2O2. The van der Waals surface area contributed by atoms with Gasteiger partial charge in [0.15, 0.2) is 0 Å². The molecule has 98 valence electrons. The lowest BCUT2D eigenvalue weighted by Gasteiger charge is -2.12. The third-order valence-electron chi connectivity index (χ3n) is 3.10. The van der Waals surface area contributed by atoms with E-state index in [0.717, 1.165) is 37.2 Å². The highest BCUT2D eigenvalue weighted by Crippen LogP contribution is 2.18. The van der Waals surface area contributed by atoms with Crippen LogP contribution in [0.5, 0.6) is 0 Å². The quantitative estimate of drug-likeness (QED) is 0.837. The fraction of sp³-hybridized carbons (Fsp3) is 0.500. The second kappa shape index (κ2) is 6.52. The summed E-state index contributed by atoms with van der Waals surface area (Å²) in [6, 6.07) is 7.85. The lowest BCUT2D eigenvalue weighted by molar-refractivity contribution is -0.118. The van der Waals surface area contributed by atoms with Gasteiger partial charge >= 0.3 is 0 Å². The molecule has 2 rings (SSSR count). The maximum absolute atomic E-state index is 11.9. The Morgan fingerprint density at radius 1 is 1.44 bits per heavy atom. The number of ether oxygens (including phenoxy) is 1. The summed E-state index contributed by atoms with van der Waals surface area (Å²) in [5, 5.41) is 6.06. The Hall–Kier alpha value is -1.39. The summed E-state index contributed by atoms with van der Waals surface area (Å²) in [6.45, 7) is 1.53. The van der Waals surface area contributed by atoms with Crippen LogP contribution in [-0.2, 0) is 16.1 Å². The molecule has 4 heteroatoms. The number of benzene rings is 1. The van der Waals surface area contributed by atoms with E-state index in [9.17, 15) is 4.79 Å². The molecule has 1 aliphatic heterocycles. The average Bonchev–Trinajstić information content (AvgIpc) is 2.84. The molecule has 0 spiro atoms. The fourth-order valence-corrected chi connectivity index (χ4v) is 2.20. The molecular weight excluding hydrogens is 228 g/mol. The molecule has 1 atom stereocenters. The van der Waals surface area contributed by atoms with E-state index in [-0.39, 0.29) is 12.0 Å². The normalized spacial score (nSPS) is 18.8. The van der Waals surface area contributed by atoms with Crippen LogP contribution in [0.2, 0.25) is 0 Å². The summed E-state index contributed by atoms with van der Waals surface area (Å²) in [7, 11) is 1.89. The molecule has 1 amide bonds. The van der Waals surface area contributed by atoms with Crippen molar-refractivity contribution in [1.29, 1.82) is 0 Å². The van der Waals surface area contributed by atoms with Crippen molar-refractivity contribution < 1.29 is 9.53 Å². The predicted molar refractivity (Wildman–Crippen MR) is 71.4 cm³/mol. The van der Waals surface area contributed by atoms with Crippen LogP contribution in [-0.4, -0.2) is 25.7 Å². The summed E-state index contributed by atoms with van der Waals surface area (Å²) >= 11 is 0. The van der Waals surface area contributed by atoms with Gasteiger partial charge in [-0.25, -0.2) is 0 Å². The third-order valence-corrected chi connectivity index (χ3v) is 3.10. The van der Waals surface area contributed by atoms with E-state index in [0.29, 0.717) is 6.42 Å². The van der Waals surface area contributed by atoms with Gasteiger partial charge in [0.25, 0.3) is 0 Å². The second-order valence-corrected chi connectivity index (χ2v) is 4.57. The monoisotopic (exact) mass is 248 g/mol. The van der Waals surface area contributed by atoms with Crippen LogP contribution in [0.1, 0.15) is 24.8 Å². The molecule has 1 fully saturated rings. The summed E-state index contributed by atoms with van der Waals surface area (Å²) in [6.07, 6.45) is 2.61. The molecule has 4 nitrogen and oxygen atoms in total. The van der Waals surface area contributed by atoms with Gasteiger partial charge in [-0.3, -0.25) is 4.79 Å². The number of nitrogens with one attached hydrogen (secondary N) is 2. The van der Waals surface area contributed by atoms with E-state index >= 15 is 0 Å². The highest BCUT2D eigenvalue weighted by Gasteiger charge is 2.19. The Bertz CT molecular complexity index is 401. The third kappa shape index (κ3) is 3.55. The summed E-state index contributed by atoms with van der Waals surface area (Å²) in [5.41, 5.74) is 1.98. The summed E-state index contributed by atoms with van der Waals surface area (Å²) in [4.78, 5) is 11.9. The van der Waals surface area contributed by atoms with Crippen molar-refractivity contribution in [3.05, 3.63) is 29.8 Å². The molecule has 1 unspecified atom stereocenters. The van der Waals surface area contributed by atoms with Gasteiger partial charge in [-0.15, -0.1) is 0 Å². The largest absolute Gasteiger partial charge is 0.378 e. The number of hydrogen-bond acceptors (Lipinski definition) is 3. The maximum atomic E-state index is 11.9. The van der Waals surface area contributed by atoms with Crippen molar-refractivity contribution in [2.45, 2.75) is 31.9 Å². The zero-order valence-electron chi connectivity index (χ0n) is 10.7. The van der Waals surface area contributed by atoms with Crippen molar-refractivity contribution in [2.75, 3.05) is 19.0 Å². The average molecular weight is 248 g/mol. The van der Waals surface area contributed by atoms with Gasteiger partial charge in [-0.2, -0.15) is 0 Å². The maximum Gasteiger partial charge on any atom is 0.226 e. The second-order valence-electron chi connectivity index (χ2n) is 4.57. The highest BCUT2D eigenvalue weighted by molar-refractivity contribution is 5.91. The molecule has 1 saturated heterocycles. The van der Waals surface area contributed by atoms with Crippen molar-refractivity contribution in [3.63, 3.8) is 0 Å². The molecule has 0 bridgehead atoms. The molecule has 2 N–H and O–H groups in total. The smallest absolute Gasteiger partial charge is 0.226 e. The van der Waals surface area contributed by atoms with Gasteiger partial charge < -0.3 is 15.4 Å². The SMILES string of the molecule is CNCc1ccccc1NC(=O)CC1CCCO1. The lowest BCUT2D eigenvalue weighted by atomic mass is 10.1. The molecule has 18 heavy (non-hydrogen) atoms. The Morgan fingerprint density at radius 2 is 2.28 bits per heavy atom. The first-order valence-electron chi connectivity index (χ1n) is 6.43. The van der Waals surface area contributed by atoms with Crippen LogP contribution in [0, 0.1) is 0 Å². The number of carbonyl (C=O) groups excluding carboxylic acids is 1. The first-order valence-corrected chi connectivity index (χ1v) is 6.43. The van der Waals surface area contributed by atoms with Gasteiger partial charge in [0, 0.05) is 18.8 Å². The van der Waals surface area contributed by atoms with E-state index in [2.05, 4.69) is 10.6 Å². The number of para-hydroxylation sites is 1. The van der Waals surface area contributed by atoms with E-state index in [1.807, 2.05) is 31.3 Å². The minimum atomic E-state index is 0.0328. The van der Waals surface area contributed by atoms with Crippen LogP contribution in [0.15, 0.2) is 24.3 Å². The zero-order valence-corrected chi connectivity index (χ0v) is 10.7. The number of anilines is 1. The van der Waals surface area contributed by atoms with Crippen molar-refractivity contribution in [2.24, 2.45) is 0 Å². The summed E-state index contributed by atoms with van der Waals surface area (Å²) in [5.74, 6) is 0.0328. The predicted octanol–water partition coefficient (Wildman–Crippen LogP) is 1.91. The molecule has 1 aliphatic rings. The number of rotatable bonds is 5. The van der Waals surface area contributed by atoms with Crippen LogP contribution in [0.3, 0.4) is 0 Å². The fourth-order valence-electron chi connectivity index (χ4n) is 2.20. The first kappa shape index (κ1) is 13.1. The molecule has 1 aromatic carbocycles. The first-order chi connectivity index (χ1) is 8.79.